The number of benzene rings is 2. The summed E-state index contributed by atoms with van der Waals surface area (Å²) in [7, 11) is 0. The molecule has 0 aromatic heterocycles. The summed E-state index contributed by atoms with van der Waals surface area (Å²) in [5.41, 5.74) is 0.904. The van der Waals surface area contributed by atoms with E-state index in [1.807, 2.05) is 17.0 Å². The van der Waals surface area contributed by atoms with Crippen molar-refractivity contribution in [1.29, 1.82) is 0 Å². The third kappa shape index (κ3) is 3.66. The van der Waals surface area contributed by atoms with Gasteiger partial charge >= 0.3 is 0 Å². The summed E-state index contributed by atoms with van der Waals surface area (Å²) in [5, 5.41) is 20.1. The van der Waals surface area contributed by atoms with Crippen LogP contribution in [0.3, 0.4) is 0 Å². The lowest BCUT2D eigenvalue weighted by atomic mass is 10.1. The predicted octanol–water partition coefficient (Wildman–Crippen LogP) is 2.53. The Morgan fingerprint density at radius 3 is 2.38 bits per heavy atom. The van der Waals surface area contributed by atoms with Crippen LogP contribution in [0, 0.1) is 11.6 Å². The van der Waals surface area contributed by atoms with Crippen molar-refractivity contribution in [1.82, 2.24) is 4.90 Å². The third-order valence-electron chi connectivity index (χ3n) is 4.35. The first-order valence-electron chi connectivity index (χ1n) is 7.93. The maximum atomic E-state index is 13.7. The minimum Gasteiger partial charge on any atom is -0.506 e. The molecule has 0 spiro atoms. The zero-order chi connectivity index (χ0) is 17.1. The van der Waals surface area contributed by atoms with Crippen molar-refractivity contribution in [2.45, 2.75) is 6.10 Å². The average Bonchev–Trinajstić information content (AvgIpc) is 2.56. The molecule has 0 bridgehead atoms. The largest absolute Gasteiger partial charge is 0.506 e. The number of hydrogen-bond donors (Lipinski definition) is 2. The van der Waals surface area contributed by atoms with Gasteiger partial charge < -0.3 is 15.1 Å². The second kappa shape index (κ2) is 7.15. The van der Waals surface area contributed by atoms with E-state index in [1.165, 1.54) is 6.07 Å². The molecule has 2 aromatic carbocycles. The molecule has 2 aromatic rings. The van der Waals surface area contributed by atoms with Crippen molar-refractivity contribution < 1.29 is 19.0 Å². The van der Waals surface area contributed by atoms with Crippen molar-refractivity contribution in [2.75, 3.05) is 37.6 Å². The Bertz CT molecular complexity index is 703. The number of aliphatic hydroxyl groups excluding tert-OH is 1. The lowest BCUT2D eigenvalue weighted by Crippen LogP contribution is -2.47. The van der Waals surface area contributed by atoms with E-state index in [1.54, 1.807) is 12.1 Å². The molecule has 0 aliphatic carbocycles. The highest BCUT2D eigenvalue weighted by atomic mass is 19.1. The second-order valence-corrected chi connectivity index (χ2v) is 5.96. The van der Waals surface area contributed by atoms with E-state index in [4.69, 9.17) is 0 Å². The summed E-state index contributed by atoms with van der Waals surface area (Å²) in [4.78, 5) is 4.11. The van der Waals surface area contributed by atoms with Gasteiger partial charge in [0.05, 0.1) is 11.8 Å². The van der Waals surface area contributed by atoms with Crippen LogP contribution >= 0.6 is 0 Å². The average molecular weight is 334 g/mol. The minimum atomic E-state index is -0.998. The Kier molecular flexibility index (Phi) is 4.97. The number of piperazine rings is 1. The molecular formula is C18H20F2N2O2. The van der Waals surface area contributed by atoms with Crippen molar-refractivity contribution >= 4 is 5.69 Å². The van der Waals surface area contributed by atoms with Crippen molar-refractivity contribution in [3.8, 4) is 5.75 Å². The van der Waals surface area contributed by atoms with E-state index in [-0.39, 0.29) is 17.9 Å². The third-order valence-corrected chi connectivity index (χ3v) is 4.35. The number of para-hydroxylation sites is 2. The standard InChI is InChI=1S/C18H20F2N2O2/c19-13-5-6-14(15(20)11-13)18(24)12-21-7-9-22(10-8-21)16-3-1-2-4-17(16)23/h1-6,11,18,23-24H,7-10,12H2. The van der Waals surface area contributed by atoms with Crippen LogP contribution in [-0.4, -0.2) is 47.8 Å². The summed E-state index contributed by atoms with van der Waals surface area (Å²) in [6, 6.07) is 10.4. The molecular weight excluding hydrogens is 314 g/mol. The number of aliphatic hydroxyl groups is 1. The minimum absolute atomic E-state index is 0.111. The molecule has 1 aliphatic rings. The number of anilines is 1. The molecule has 0 radical (unpaired) electrons. The molecule has 0 amide bonds. The molecule has 4 nitrogen and oxygen atoms in total. The fraction of sp³-hybridized carbons (Fsp3) is 0.333. The monoisotopic (exact) mass is 334 g/mol. The maximum Gasteiger partial charge on any atom is 0.138 e. The Balaban J connectivity index is 1.58. The molecule has 24 heavy (non-hydrogen) atoms. The lowest BCUT2D eigenvalue weighted by molar-refractivity contribution is 0.106. The van der Waals surface area contributed by atoms with Gasteiger partial charge in [0.25, 0.3) is 0 Å². The van der Waals surface area contributed by atoms with E-state index in [9.17, 15) is 19.0 Å². The molecule has 3 rings (SSSR count). The van der Waals surface area contributed by atoms with E-state index in [2.05, 4.69) is 4.90 Å². The molecule has 1 aliphatic heterocycles. The smallest absolute Gasteiger partial charge is 0.138 e. The first kappa shape index (κ1) is 16.7. The summed E-state index contributed by atoms with van der Waals surface area (Å²) in [5.74, 6) is -1.13. The SMILES string of the molecule is Oc1ccccc1N1CCN(CC(O)c2ccc(F)cc2F)CC1. The molecule has 0 saturated carbocycles. The molecule has 1 atom stereocenters. The Morgan fingerprint density at radius 2 is 1.71 bits per heavy atom. The van der Waals surface area contributed by atoms with E-state index in [0.29, 0.717) is 26.2 Å². The highest BCUT2D eigenvalue weighted by Gasteiger charge is 2.22. The van der Waals surface area contributed by atoms with Gasteiger partial charge in [0.15, 0.2) is 0 Å². The van der Waals surface area contributed by atoms with Crippen LogP contribution in [0.5, 0.6) is 5.75 Å². The van der Waals surface area contributed by atoms with Crippen LogP contribution in [0.15, 0.2) is 42.5 Å². The van der Waals surface area contributed by atoms with Crippen LogP contribution in [0.1, 0.15) is 11.7 Å². The van der Waals surface area contributed by atoms with Crippen LogP contribution in [0.2, 0.25) is 0 Å². The number of rotatable bonds is 4. The second-order valence-electron chi connectivity index (χ2n) is 5.96. The number of aromatic hydroxyl groups is 1. The van der Waals surface area contributed by atoms with Gasteiger partial charge in [-0.2, -0.15) is 0 Å². The van der Waals surface area contributed by atoms with Crippen LogP contribution in [0.4, 0.5) is 14.5 Å². The number of β-amino-alcohol motifs (C(OH)–C–C–N with tert-alkyl or cyclic N) is 1. The quantitative estimate of drug-likeness (QED) is 0.902. The van der Waals surface area contributed by atoms with Crippen molar-refractivity contribution in [2.24, 2.45) is 0 Å². The summed E-state index contributed by atoms with van der Waals surface area (Å²) >= 11 is 0. The van der Waals surface area contributed by atoms with Gasteiger partial charge in [0.1, 0.15) is 17.4 Å². The zero-order valence-electron chi connectivity index (χ0n) is 13.2. The van der Waals surface area contributed by atoms with Crippen LogP contribution in [0.25, 0.3) is 0 Å². The van der Waals surface area contributed by atoms with Crippen LogP contribution < -0.4 is 4.90 Å². The van der Waals surface area contributed by atoms with Gasteiger partial charge in [-0.15, -0.1) is 0 Å². The first-order valence-corrected chi connectivity index (χ1v) is 7.93. The molecule has 1 fully saturated rings. The molecule has 2 N–H and O–H groups in total. The topological polar surface area (TPSA) is 46.9 Å². The fourth-order valence-electron chi connectivity index (χ4n) is 3.02. The van der Waals surface area contributed by atoms with Crippen LogP contribution in [-0.2, 0) is 0 Å². The molecule has 128 valence electrons. The molecule has 6 heteroatoms. The fourth-order valence-corrected chi connectivity index (χ4v) is 3.02. The Morgan fingerprint density at radius 1 is 1.00 bits per heavy atom. The Labute approximate surface area is 139 Å². The lowest BCUT2D eigenvalue weighted by Gasteiger charge is -2.37. The van der Waals surface area contributed by atoms with Crippen molar-refractivity contribution in [3.05, 3.63) is 59.7 Å². The van der Waals surface area contributed by atoms with Crippen molar-refractivity contribution in [3.63, 3.8) is 0 Å². The predicted molar refractivity (Wildman–Crippen MR) is 88.1 cm³/mol. The first-order chi connectivity index (χ1) is 11.5. The van der Waals surface area contributed by atoms with Gasteiger partial charge in [-0.3, -0.25) is 4.90 Å². The number of nitrogens with zero attached hydrogens (tertiary/aromatic N) is 2. The summed E-state index contributed by atoms with van der Waals surface area (Å²) < 4.78 is 26.7. The highest BCUT2D eigenvalue weighted by molar-refractivity contribution is 5.57. The van der Waals surface area contributed by atoms with Gasteiger partial charge in [-0.05, 0) is 18.2 Å². The van der Waals surface area contributed by atoms with Gasteiger partial charge in [0.2, 0.25) is 0 Å². The summed E-state index contributed by atoms with van der Waals surface area (Å²) in [6.07, 6.45) is -0.998. The molecule has 1 saturated heterocycles. The van der Waals surface area contributed by atoms with E-state index < -0.39 is 17.7 Å². The number of phenols is 1. The normalized spacial score (nSPS) is 17.0. The van der Waals surface area contributed by atoms with Gasteiger partial charge in [0, 0.05) is 44.4 Å². The zero-order valence-corrected chi connectivity index (χ0v) is 13.2. The van der Waals surface area contributed by atoms with Gasteiger partial charge in [-0.1, -0.05) is 18.2 Å². The number of phenolic OH excluding ortho intramolecular Hbond substituents is 1. The number of hydrogen-bond acceptors (Lipinski definition) is 4. The van der Waals surface area contributed by atoms with Gasteiger partial charge in [-0.25, -0.2) is 8.78 Å². The maximum absolute atomic E-state index is 13.7. The van der Waals surface area contributed by atoms with E-state index in [0.717, 1.165) is 17.8 Å². The molecule has 1 heterocycles. The highest BCUT2D eigenvalue weighted by Crippen LogP contribution is 2.27. The molecule has 1 unspecified atom stereocenters. The van der Waals surface area contributed by atoms with E-state index >= 15 is 0 Å². The number of halogens is 2. The Hall–Kier alpha value is -2.18. The summed E-state index contributed by atoms with van der Waals surface area (Å²) in [6.45, 7) is 3.08.